The first-order valence-corrected chi connectivity index (χ1v) is 7.77. The Morgan fingerprint density at radius 1 is 1.30 bits per heavy atom. The van der Waals surface area contributed by atoms with E-state index < -0.39 is 0 Å². The quantitative estimate of drug-likeness (QED) is 0.539. The number of aromatic nitrogens is 2. The van der Waals surface area contributed by atoms with Crippen molar-refractivity contribution in [2.45, 2.75) is 52.5 Å². The lowest BCUT2D eigenvalue weighted by Crippen LogP contribution is -2.03. The molecule has 1 aromatic carbocycles. The number of hydrogen-bond acceptors (Lipinski definition) is 1. The van der Waals surface area contributed by atoms with Gasteiger partial charge < -0.3 is 4.57 Å². The number of unbranched alkanes of at least 4 members (excludes halogenated alkanes) is 1. The van der Waals surface area contributed by atoms with Gasteiger partial charge in [-0.1, -0.05) is 26.7 Å². The molecule has 0 amide bonds. The molecule has 0 N–H and O–H groups in total. The highest BCUT2D eigenvalue weighted by Gasteiger charge is 2.12. The van der Waals surface area contributed by atoms with Gasteiger partial charge in [0, 0.05) is 12.6 Å². The van der Waals surface area contributed by atoms with Crippen LogP contribution in [0.4, 0.5) is 4.39 Å². The monoisotopic (exact) mass is 296 g/mol. The van der Waals surface area contributed by atoms with Crippen molar-refractivity contribution in [3.8, 4) is 0 Å². The van der Waals surface area contributed by atoms with Gasteiger partial charge >= 0.3 is 0 Å². The van der Waals surface area contributed by atoms with Gasteiger partial charge in [0.1, 0.15) is 11.6 Å². The highest BCUT2D eigenvalue weighted by atomic mass is 35.5. The molecule has 0 aliphatic rings. The zero-order chi connectivity index (χ0) is 14.7. The van der Waals surface area contributed by atoms with E-state index in [2.05, 4.69) is 23.4 Å². The Labute approximate surface area is 125 Å². The molecular formula is C16H22ClFN2. The molecular weight excluding hydrogens is 275 g/mol. The minimum atomic E-state index is -0.205. The van der Waals surface area contributed by atoms with Gasteiger partial charge in [-0.05, 0) is 30.9 Å². The van der Waals surface area contributed by atoms with Gasteiger partial charge in [-0.25, -0.2) is 9.37 Å². The summed E-state index contributed by atoms with van der Waals surface area (Å²) in [6.07, 6.45) is 3.53. The van der Waals surface area contributed by atoms with E-state index in [0.717, 1.165) is 30.2 Å². The minimum Gasteiger partial charge on any atom is -0.327 e. The van der Waals surface area contributed by atoms with E-state index in [1.165, 1.54) is 18.9 Å². The van der Waals surface area contributed by atoms with E-state index in [0.29, 0.717) is 17.0 Å². The summed E-state index contributed by atoms with van der Waals surface area (Å²) in [6, 6.07) is 3.38. The van der Waals surface area contributed by atoms with E-state index in [1.54, 1.807) is 6.92 Å². The summed E-state index contributed by atoms with van der Waals surface area (Å²) in [7, 11) is 0. The zero-order valence-electron chi connectivity index (χ0n) is 12.4. The SMILES string of the molecule is Cc1cc2c(cc1F)nc(CCl)n2CCCCC(C)C. The van der Waals surface area contributed by atoms with Crippen molar-refractivity contribution >= 4 is 22.6 Å². The highest BCUT2D eigenvalue weighted by molar-refractivity contribution is 6.16. The van der Waals surface area contributed by atoms with Crippen molar-refractivity contribution < 1.29 is 4.39 Å². The first-order chi connectivity index (χ1) is 9.52. The van der Waals surface area contributed by atoms with Crippen LogP contribution < -0.4 is 0 Å². The normalized spacial score (nSPS) is 11.7. The molecule has 0 aliphatic heterocycles. The first-order valence-electron chi connectivity index (χ1n) is 7.24. The van der Waals surface area contributed by atoms with Crippen molar-refractivity contribution in [2.24, 2.45) is 5.92 Å². The maximum atomic E-state index is 13.6. The molecule has 2 rings (SSSR count). The van der Waals surface area contributed by atoms with Gasteiger partial charge in [0.15, 0.2) is 0 Å². The molecule has 0 aliphatic carbocycles. The molecule has 20 heavy (non-hydrogen) atoms. The van der Waals surface area contributed by atoms with E-state index in [4.69, 9.17) is 11.6 Å². The Bertz CT molecular complexity index is 590. The Balaban J connectivity index is 2.23. The molecule has 0 radical (unpaired) electrons. The number of alkyl halides is 1. The minimum absolute atomic E-state index is 0.205. The van der Waals surface area contributed by atoms with Gasteiger partial charge in [-0.15, -0.1) is 11.6 Å². The smallest absolute Gasteiger partial charge is 0.128 e. The van der Waals surface area contributed by atoms with Gasteiger partial charge in [0.2, 0.25) is 0 Å². The Morgan fingerprint density at radius 2 is 2.05 bits per heavy atom. The van der Waals surface area contributed by atoms with Crippen LogP contribution in [0.3, 0.4) is 0 Å². The number of aryl methyl sites for hydroxylation is 2. The van der Waals surface area contributed by atoms with Crippen molar-refractivity contribution in [1.82, 2.24) is 9.55 Å². The lowest BCUT2D eigenvalue weighted by Gasteiger charge is -2.09. The second kappa shape index (κ2) is 6.57. The number of halogens is 2. The fourth-order valence-corrected chi connectivity index (χ4v) is 2.68. The summed E-state index contributed by atoms with van der Waals surface area (Å²) in [5.41, 5.74) is 2.35. The maximum absolute atomic E-state index is 13.6. The van der Waals surface area contributed by atoms with Crippen LogP contribution in [0.25, 0.3) is 11.0 Å². The van der Waals surface area contributed by atoms with Crippen LogP contribution >= 0.6 is 11.6 Å². The van der Waals surface area contributed by atoms with Crippen LogP contribution in [0.2, 0.25) is 0 Å². The predicted molar refractivity (Wildman–Crippen MR) is 82.7 cm³/mol. The lowest BCUT2D eigenvalue weighted by atomic mass is 10.1. The van der Waals surface area contributed by atoms with Crippen molar-refractivity contribution in [3.63, 3.8) is 0 Å². The summed E-state index contributed by atoms with van der Waals surface area (Å²) >= 11 is 5.97. The Kier molecular flexibility index (Phi) is 5.03. The fraction of sp³-hybridized carbons (Fsp3) is 0.562. The summed E-state index contributed by atoms with van der Waals surface area (Å²) < 4.78 is 15.7. The van der Waals surface area contributed by atoms with Crippen molar-refractivity contribution in [3.05, 3.63) is 29.3 Å². The highest BCUT2D eigenvalue weighted by Crippen LogP contribution is 2.22. The largest absolute Gasteiger partial charge is 0.327 e. The Morgan fingerprint density at radius 3 is 2.70 bits per heavy atom. The maximum Gasteiger partial charge on any atom is 0.128 e. The molecule has 110 valence electrons. The molecule has 1 heterocycles. The third kappa shape index (κ3) is 3.32. The third-order valence-corrected chi connectivity index (χ3v) is 3.88. The molecule has 0 fully saturated rings. The second-order valence-electron chi connectivity index (χ2n) is 5.79. The van der Waals surface area contributed by atoms with Crippen LogP contribution in [0.5, 0.6) is 0 Å². The predicted octanol–water partition coefficient (Wildman–Crippen LogP) is 5.05. The van der Waals surface area contributed by atoms with Crippen LogP contribution in [-0.2, 0) is 12.4 Å². The van der Waals surface area contributed by atoms with Gasteiger partial charge in [0.05, 0.1) is 16.9 Å². The number of nitrogens with zero attached hydrogens (tertiary/aromatic N) is 2. The van der Waals surface area contributed by atoms with E-state index in [9.17, 15) is 4.39 Å². The number of rotatable bonds is 6. The van der Waals surface area contributed by atoms with Crippen LogP contribution in [0, 0.1) is 18.7 Å². The van der Waals surface area contributed by atoms with Crippen molar-refractivity contribution in [1.29, 1.82) is 0 Å². The summed E-state index contributed by atoms with van der Waals surface area (Å²) in [5.74, 6) is 1.72. The third-order valence-electron chi connectivity index (χ3n) is 3.64. The number of hydrogen-bond donors (Lipinski definition) is 0. The zero-order valence-corrected chi connectivity index (χ0v) is 13.2. The molecule has 0 saturated heterocycles. The first kappa shape index (κ1) is 15.3. The standard InChI is InChI=1S/C16H22ClFN2/c1-11(2)6-4-5-7-20-15-8-12(3)13(18)9-14(15)19-16(20)10-17/h8-9,11H,4-7,10H2,1-3H3. The van der Waals surface area contributed by atoms with E-state index in [-0.39, 0.29) is 5.82 Å². The fourth-order valence-electron chi connectivity index (χ4n) is 2.47. The number of fused-ring (bicyclic) bond motifs is 1. The summed E-state index contributed by atoms with van der Waals surface area (Å²) in [5, 5.41) is 0. The average Bonchev–Trinajstić information content (AvgIpc) is 2.72. The second-order valence-corrected chi connectivity index (χ2v) is 6.06. The number of benzene rings is 1. The van der Waals surface area contributed by atoms with Gasteiger partial charge in [-0.3, -0.25) is 0 Å². The molecule has 0 atom stereocenters. The van der Waals surface area contributed by atoms with E-state index >= 15 is 0 Å². The van der Waals surface area contributed by atoms with Crippen LogP contribution in [0.15, 0.2) is 12.1 Å². The Hall–Kier alpha value is -1.09. The number of imidazole rings is 1. The van der Waals surface area contributed by atoms with Gasteiger partial charge in [-0.2, -0.15) is 0 Å². The molecule has 0 unspecified atom stereocenters. The summed E-state index contributed by atoms with van der Waals surface area (Å²) in [6.45, 7) is 7.16. The van der Waals surface area contributed by atoms with Gasteiger partial charge in [0.25, 0.3) is 0 Å². The molecule has 0 bridgehead atoms. The average molecular weight is 297 g/mol. The molecule has 2 nitrogen and oxygen atoms in total. The van der Waals surface area contributed by atoms with E-state index in [1.807, 2.05) is 6.07 Å². The molecule has 0 saturated carbocycles. The van der Waals surface area contributed by atoms with Crippen LogP contribution in [0.1, 0.15) is 44.5 Å². The molecule has 0 spiro atoms. The molecule has 2 aromatic rings. The topological polar surface area (TPSA) is 17.8 Å². The molecule has 4 heteroatoms. The summed E-state index contributed by atoms with van der Waals surface area (Å²) in [4.78, 5) is 4.44. The molecule has 1 aromatic heterocycles. The van der Waals surface area contributed by atoms with Crippen molar-refractivity contribution in [2.75, 3.05) is 0 Å². The lowest BCUT2D eigenvalue weighted by molar-refractivity contribution is 0.509. The van der Waals surface area contributed by atoms with Crippen LogP contribution in [-0.4, -0.2) is 9.55 Å².